The second-order valence-corrected chi connectivity index (χ2v) is 5.85. The van der Waals surface area contributed by atoms with Crippen LogP contribution in [0.2, 0.25) is 0 Å². The van der Waals surface area contributed by atoms with E-state index in [-0.39, 0.29) is 17.9 Å². The lowest BCUT2D eigenvalue weighted by molar-refractivity contribution is -0.147. The molecular weight excluding hydrogens is 246 g/mol. The van der Waals surface area contributed by atoms with Crippen molar-refractivity contribution in [1.82, 2.24) is 4.90 Å². The molecule has 5 heteroatoms. The smallest absolute Gasteiger partial charge is 0.308 e. The van der Waals surface area contributed by atoms with Gasteiger partial charge in [0.05, 0.1) is 12.0 Å². The number of likely N-dealkylation sites (tertiary alicyclic amines) is 1. The van der Waals surface area contributed by atoms with E-state index in [2.05, 4.69) is 0 Å². The number of carboxylic acid groups (broad SMARTS) is 1. The van der Waals surface area contributed by atoms with Crippen LogP contribution in [-0.4, -0.2) is 47.7 Å². The van der Waals surface area contributed by atoms with Crippen LogP contribution in [0.15, 0.2) is 0 Å². The summed E-state index contributed by atoms with van der Waals surface area (Å²) in [6.07, 6.45) is 4.26. The van der Waals surface area contributed by atoms with Gasteiger partial charge < -0.3 is 14.7 Å². The van der Waals surface area contributed by atoms with Gasteiger partial charge in [0.15, 0.2) is 0 Å². The highest BCUT2D eigenvalue weighted by molar-refractivity contribution is 5.78. The molecule has 0 aromatic carbocycles. The summed E-state index contributed by atoms with van der Waals surface area (Å²) in [6, 6.07) is 0. The van der Waals surface area contributed by atoms with E-state index >= 15 is 0 Å². The zero-order valence-corrected chi connectivity index (χ0v) is 11.5. The first-order valence-corrected chi connectivity index (χ1v) is 7.18. The first-order valence-electron chi connectivity index (χ1n) is 7.18. The van der Waals surface area contributed by atoms with Gasteiger partial charge in [-0.2, -0.15) is 0 Å². The van der Waals surface area contributed by atoms with Crippen LogP contribution >= 0.6 is 0 Å². The fraction of sp³-hybridized carbons (Fsp3) is 0.857. The van der Waals surface area contributed by atoms with Crippen molar-refractivity contribution in [2.75, 3.05) is 19.7 Å². The van der Waals surface area contributed by atoms with Crippen LogP contribution in [0.4, 0.5) is 0 Å². The van der Waals surface area contributed by atoms with Crippen molar-refractivity contribution in [2.24, 2.45) is 11.8 Å². The van der Waals surface area contributed by atoms with Crippen molar-refractivity contribution in [2.45, 2.75) is 45.1 Å². The quantitative estimate of drug-likeness (QED) is 0.840. The maximum Gasteiger partial charge on any atom is 0.308 e. The molecule has 3 atom stereocenters. The molecular formula is C14H23NO4. The molecule has 0 spiro atoms. The van der Waals surface area contributed by atoms with Gasteiger partial charge in [-0.15, -0.1) is 0 Å². The van der Waals surface area contributed by atoms with Gasteiger partial charge in [-0.05, 0) is 31.6 Å². The number of ether oxygens (including phenoxy) is 1. The molecule has 0 aromatic rings. The highest BCUT2D eigenvalue weighted by atomic mass is 16.5. The average molecular weight is 269 g/mol. The van der Waals surface area contributed by atoms with Gasteiger partial charge in [0, 0.05) is 26.1 Å². The molecule has 2 aliphatic heterocycles. The lowest BCUT2D eigenvalue weighted by Crippen LogP contribution is -2.45. The molecule has 1 amide bonds. The second-order valence-electron chi connectivity index (χ2n) is 5.85. The molecule has 0 bridgehead atoms. The Kier molecular flexibility index (Phi) is 4.80. The fourth-order valence-corrected chi connectivity index (χ4v) is 3.05. The summed E-state index contributed by atoms with van der Waals surface area (Å²) in [5.74, 6) is -0.853. The Morgan fingerprint density at radius 3 is 2.79 bits per heavy atom. The van der Waals surface area contributed by atoms with Gasteiger partial charge in [-0.25, -0.2) is 0 Å². The number of carbonyl (C=O) groups excluding carboxylic acids is 1. The van der Waals surface area contributed by atoms with E-state index in [0.29, 0.717) is 25.9 Å². The van der Waals surface area contributed by atoms with Crippen LogP contribution < -0.4 is 0 Å². The number of hydrogen-bond donors (Lipinski definition) is 1. The van der Waals surface area contributed by atoms with Crippen LogP contribution in [0.25, 0.3) is 0 Å². The van der Waals surface area contributed by atoms with Gasteiger partial charge >= 0.3 is 5.97 Å². The molecule has 2 rings (SSSR count). The summed E-state index contributed by atoms with van der Waals surface area (Å²) in [6.45, 7) is 3.87. The molecule has 108 valence electrons. The Morgan fingerprint density at radius 1 is 1.37 bits per heavy atom. The summed E-state index contributed by atoms with van der Waals surface area (Å²) in [7, 11) is 0. The average Bonchev–Trinajstić information content (AvgIpc) is 2.88. The summed E-state index contributed by atoms with van der Waals surface area (Å²) >= 11 is 0. The first-order chi connectivity index (χ1) is 9.06. The Bertz CT molecular complexity index is 338. The molecule has 0 radical (unpaired) electrons. The Balaban J connectivity index is 1.81. The minimum absolute atomic E-state index is 0.0771. The number of rotatable bonds is 4. The van der Waals surface area contributed by atoms with E-state index in [1.807, 2.05) is 6.92 Å². The topological polar surface area (TPSA) is 66.8 Å². The van der Waals surface area contributed by atoms with Crippen molar-refractivity contribution >= 4 is 11.9 Å². The first kappa shape index (κ1) is 14.3. The van der Waals surface area contributed by atoms with E-state index in [0.717, 1.165) is 25.9 Å². The lowest BCUT2D eigenvalue weighted by Gasteiger charge is -2.34. The van der Waals surface area contributed by atoms with Gasteiger partial charge in [0.2, 0.25) is 5.91 Å². The van der Waals surface area contributed by atoms with Gasteiger partial charge in [-0.3, -0.25) is 9.59 Å². The number of hydrogen-bond acceptors (Lipinski definition) is 3. The van der Waals surface area contributed by atoms with Gasteiger partial charge in [0.1, 0.15) is 0 Å². The summed E-state index contributed by atoms with van der Waals surface area (Å²) in [5, 5.41) is 9.10. The van der Waals surface area contributed by atoms with E-state index in [9.17, 15) is 9.59 Å². The van der Waals surface area contributed by atoms with Crippen molar-refractivity contribution in [3.05, 3.63) is 0 Å². The van der Waals surface area contributed by atoms with Crippen molar-refractivity contribution < 1.29 is 19.4 Å². The van der Waals surface area contributed by atoms with Crippen molar-refractivity contribution in [1.29, 1.82) is 0 Å². The number of piperidine rings is 1. The standard InChI is InChI=1S/C14H23NO4/c1-10-7-11(14(17)18)9-15(8-10)13(16)5-4-12-3-2-6-19-12/h10-12H,2-9H2,1H3,(H,17,18). The van der Waals surface area contributed by atoms with Crippen molar-refractivity contribution in [3.8, 4) is 0 Å². The highest BCUT2D eigenvalue weighted by Gasteiger charge is 2.31. The largest absolute Gasteiger partial charge is 0.481 e. The molecule has 0 saturated carbocycles. The molecule has 2 heterocycles. The lowest BCUT2D eigenvalue weighted by atomic mass is 9.90. The summed E-state index contributed by atoms with van der Waals surface area (Å²) in [5.41, 5.74) is 0. The molecule has 1 N–H and O–H groups in total. The van der Waals surface area contributed by atoms with Crippen molar-refractivity contribution in [3.63, 3.8) is 0 Å². The van der Waals surface area contributed by atoms with E-state index in [1.54, 1.807) is 4.90 Å². The second kappa shape index (κ2) is 6.37. The third-order valence-corrected chi connectivity index (χ3v) is 4.07. The maximum absolute atomic E-state index is 12.1. The minimum atomic E-state index is -0.788. The Labute approximate surface area is 113 Å². The number of carbonyl (C=O) groups is 2. The van der Waals surface area contributed by atoms with E-state index < -0.39 is 11.9 Å². The van der Waals surface area contributed by atoms with Gasteiger partial charge in [-0.1, -0.05) is 6.92 Å². The molecule has 2 fully saturated rings. The van der Waals surface area contributed by atoms with E-state index in [4.69, 9.17) is 9.84 Å². The minimum Gasteiger partial charge on any atom is -0.481 e. The Morgan fingerprint density at radius 2 is 2.16 bits per heavy atom. The Hall–Kier alpha value is -1.10. The molecule has 2 aliphatic rings. The molecule has 0 aliphatic carbocycles. The fourth-order valence-electron chi connectivity index (χ4n) is 3.05. The summed E-state index contributed by atoms with van der Waals surface area (Å²) in [4.78, 5) is 24.9. The monoisotopic (exact) mass is 269 g/mol. The van der Waals surface area contributed by atoms with Crippen LogP contribution in [0, 0.1) is 11.8 Å². The SMILES string of the molecule is CC1CC(C(=O)O)CN(C(=O)CCC2CCCO2)C1. The van der Waals surface area contributed by atoms with Crippen LogP contribution in [-0.2, 0) is 14.3 Å². The predicted molar refractivity (Wildman–Crippen MR) is 69.7 cm³/mol. The normalized spacial score (nSPS) is 31.4. The number of carboxylic acids is 1. The zero-order chi connectivity index (χ0) is 13.8. The molecule has 3 unspecified atom stereocenters. The molecule has 0 aromatic heterocycles. The van der Waals surface area contributed by atoms with Crippen LogP contribution in [0.5, 0.6) is 0 Å². The van der Waals surface area contributed by atoms with Gasteiger partial charge in [0.25, 0.3) is 0 Å². The number of aliphatic carboxylic acids is 1. The van der Waals surface area contributed by atoms with E-state index in [1.165, 1.54) is 0 Å². The third-order valence-electron chi connectivity index (χ3n) is 4.07. The predicted octanol–water partition coefficient (Wildman–Crippen LogP) is 1.51. The molecule has 5 nitrogen and oxygen atoms in total. The summed E-state index contributed by atoms with van der Waals surface area (Å²) < 4.78 is 5.51. The zero-order valence-electron chi connectivity index (χ0n) is 11.5. The highest BCUT2D eigenvalue weighted by Crippen LogP contribution is 2.23. The van der Waals surface area contributed by atoms with Crippen LogP contribution in [0.3, 0.4) is 0 Å². The maximum atomic E-state index is 12.1. The molecule has 19 heavy (non-hydrogen) atoms. The number of nitrogens with zero attached hydrogens (tertiary/aromatic N) is 1. The van der Waals surface area contributed by atoms with Crippen LogP contribution in [0.1, 0.15) is 39.0 Å². The molecule has 2 saturated heterocycles. The number of amides is 1. The third kappa shape index (κ3) is 3.93.